The lowest BCUT2D eigenvalue weighted by atomic mass is 10.4. The predicted octanol–water partition coefficient (Wildman–Crippen LogP) is 3.66. The van der Waals surface area contributed by atoms with E-state index in [1.54, 1.807) is 17.6 Å². The van der Waals surface area contributed by atoms with Gasteiger partial charge in [0.1, 0.15) is 5.76 Å². The van der Waals surface area contributed by atoms with Gasteiger partial charge in [0, 0.05) is 0 Å². The van der Waals surface area contributed by atoms with Gasteiger partial charge in [-0.2, -0.15) is 0 Å². The lowest BCUT2D eigenvalue weighted by Gasteiger charge is -1.89. The summed E-state index contributed by atoms with van der Waals surface area (Å²) in [6.45, 7) is 0. The molecule has 0 aliphatic heterocycles. The first-order valence-electron chi connectivity index (χ1n) is 3.15. The van der Waals surface area contributed by atoms with E-state index in [0.717, 1.165) is 15.7 Å². The molecule has 0 amide bonds. The third-order valence-electron chi connectivity index (χ3n) is 1.36. The van der Waals surface area contributed by atoms with Crippen molar-refractivity contribution in [1.82, 2.24) is 0 Å². The van der Waals surface area contributed by atoms with Crippen molar-refractivity contribution in [3.63, 3.8) is 0 Å². The molecular weight excluding hydrogens is 180 g/mol. The fourth-order valence-corrected chi connectivity index (χ4v) is 1.99. The molecule has 3 heteroatoms. The van der Waals surface area contributed by atoms with Crippen molar-refractivity contribution in [3.8, 4) is 10.6 Å². The van der Waals surface area contributed by atoms with Gasteiger partial charge in [-0.15, -0.1) is 11.3 Å². The highest BCUT2D eigenvalue weighted by molar-refractivity contribution is 7.14. The Morgan fingerprint density at radius 3 is 2.82 bits per heavy atom. The normalized spacial score (nSPS) is 10.3. The molecule has 0 unspecified atom stereocenters. The highest BCUT2D eigenvalue weighted by Gasteiger charge is 2.05. The minimum absolute atomic E-state index is 0.755. The van der Waals surface area contributed by atoms with Gasteiger partial charge in [0.15, 0.2) is 0 Å². The zero-order chi connectivity index (χ0) is 7.68. The maximum Gasteiger partial charge on any atom is 0.145 e. The maximum atomic E-state index is 5.88. The standard InChI is InChI=1S/C8H5ClOS/c9-6-3-5-11-8(6)7-2-1-4-10-7/h1-5H. The minimum Gasteiger partial charge on any atom is -0.463 e. The molecule has 0 saturated heterocycles. The van der Waals surface area contributed by atoms with Gasteiger partial charge in [-0.1, -0.05) is 11.6 Å². The van der Waals surface area contributed by atoms with Gasteiger partial charge in [0.25, 0.3) is 0 Å². The average Bonchev–Trinajstić information content (AvgIpc) is 2.55. The van der Waals surface area contributed by atoms with Gasteiger partial charge in [0.05, 0.1) is 16.2 Å². The molecule has 0 spiro atoms. The molecule has 2 rings (SSSR count). The molecular formula is C8H5ClOS. The first-order valence-corrected chi connectivity index (χ1v) is 4.40. The van der Waals surface area contributed by atoms with Crippen molar-refractivity contribution in [1.29, 1.82) is 0 Å². The summed E-state index contributed by atoms with van der Waals surface area (Å²) in [7, 11) is 0. The van der Waals surface area contributed by atoms with Crippen LogP contribution < -0.4 is 0 Å². The molecule has 0 aliphatic rings. The molecule has 0 fully saturated rings. The topological polar surface area (TPSA) is 13.1 Å². The van der Waals surface area contributed by atoms with E-state index >= 15 is 0 Å². The van der Waals surface area contributed by atoms with Crippen LogP contribution in [-0.2, 0) is 0 Å². The molecule has 0 radical (unpaired) electrons. The van der Waals surface area contributed by atoms with Crippen LogP contribution in [0.2, 0.25) is 5.02 Å². The van der Waals surface area contributed by atoms with Crippen molar-refractivity contribution in [3.05, 3.63) is 34.9 Å². The highest BCUT2D eigenvalue weighted by Crippen LogP contribution is 2.32. The largest absolute Gasteiger partial charge is 0.463 e. The van der Waals surface area contributed by atoms with Crippen LogP contribution in [0.1, 0.15) is 0 Å². The second kappa shape index (κ2) is 2.72. The average molecular weight is 185 g/mol. The lowest BCUT2D eigenvalue weighted by Crippen LogP contribution is -1.63. The summed E-state index contributed by atoms with van der Waals surface area (Å²) in [4.78, 5) is 0.997. The molecule has 0 atom stereocenters. The molecule has 0 aliphatic carbocycles. The Balaban J connectivity index is 2.53. The quantitative estimate of drug-likeness (QED) is 0.659. The highest BCUT2D eigenvalue weighted by atomic mass is 35.5. The summed E-state index contributed by atoms with van der Waals surface area (Å²) >= 11 is 7.46. The van der Waals surface area contributed by atoms with E-state index in [1.165, 1.54) is 0 Å². The number of thiophene rings is 1. The van der Waals surface area contributed by atoms with Crippen LogP contribution in [0.3, 0.4) is 0 Å². The third kappa shape index (κ3) is 1.19. The number of hydrogen-bond acceptors (Lipinski definition) is 2. The zero-order valence-electron chi connectivity index (χ0n) is 5.58. The van der Waals surface area contributed by atoms with E-state index in [9.17, 15) is 0 Å². The molecule has 2 aromatic heterocycles. The van der Waals surface area contributed by atoms with Crippen LogP contribution in [0.4, 0.5) is 0 Å². The van der Waals surface area contributed by atoms with E-state index in [2.05, 4.69) is 0 Å². The predicted molar refractivity (Wildman–Crippen MR) is 47.0 cm³/mol. The van der Waals surface area contributed by atoms with Gasteiger partial charge in [-0.05, 0) is 23.6 Å². The van der Waals surface area contributed by atoms with E-state index in [1.807, 2.05) is 23.6 Å². The third-order valence-corrected chi connectivity index (χ3v) is 2.72. The molecule has 0 bridgehead atoms. The first kappa shape index (κ1) is 6.95. The number of hydrogen-bond donors (Lipinski definition) is 0. The molecule has 11 heavy (non-hydrogen) atoms. The first-order chi connectivity index (χ1) is 5.38. The summed E-state index contributed by atoms with van der Waals surface area (Å²) in [6, 6.07) is 5.62. The van der Waals surface area contributed by atoms with Gasteiger partial charge in [-0.3, -0.25) is 0 Å². The van der Waals surface area contributed by atoms with Crippen LogP contribution in [-0.4, -0.2) is 0 Å². The summed E-state index contributed by atoms with van der Waals surface area (Å²) in [6.07, 6.45) is 1.64. The fraction of sp³-hybridized carbons (Fsp3) is 0. The van der Waals surface area contributed by atoms with Crippen molar-refractivity contribution in [2.45, 2.75) is 0 Å². The van der Waals surface area contributed by atoms with Gasteiger partial charge in [-0.25, -0.2) is 0 Å². The summed E-state index contributed by atoms with van der Waals surface area (Å²) in [5.74, 6) is 0.838. The SMILES string of the molecule is Clc1ccsc1-c1ccco1. The Morgan fingerprint density at radius 2 is 2.27 bits per heavy atom. The Morgan fingerprint density at radius 1 is 1.36 bits per heavy atom. The van der Waals surface area contributed by atoms with Crippen LogP contribution >= 0.6 is 22.9 Å². The number of rotatable bonds is 1. The molecule has 0 aromatic carbocycles. The number of halogens is 1. The van der Waals surface area contributed by atoms with E-state index in [0.29, 0.717) is 0 Å². The van der Waals surface area contributed by atoms with Gasteiger partial charge >= 0.3 is 0 Å². The van der Waals surface area contributed by atoms with Crippen molar-refractivity contribution in [2.75, 3.05) is 0 Å². The molecule has 0 N–H and O–H groups in total. The van der Waals surface area contributed by atoms with Crippen LogP contribution in [0.5, 0.6) is 0 Å². The second-order valence-corrected chi connectivity index (χ2v) is 3.40. The minimum atomic E-state index is 0.755. The van der Waals surface area contributed by atoms with Crippen molar-refractivity contribution < 1.29 is 4.42 Å². The van der Waals surface area contributed by atoms with Crippen LogP contribution in [0.15, 0.2) is 34.3 Å². The Kier molecular flexibility index (Phi) is 1.72. The summed E-state index contributed by atoms with van der Waals surface area (Å²) < 4.78 is 5.18. The Bertz CT molecular complexity index is 337. The lowest BCUT2D eigenvalue weighted by molar-refractivity contribution is 0.584. The van der Waals surface area contributed by atoms with E-state index in [4.69, 9.17) is 16.0 Å². The van der Waals surface area contributed by atoms with E-state index < -0.39 is 0 Å². The van der Waals surface area contributed by atoms with Crippen molar-refractivity contribution >= 4 is 22.9 Å². The van der Waals surface area contributed by atoms with Gasteiger partial charge < -0.3 is 4.42 Å². The van der Waals surface area contributed by atoms with Gasteiger partial charge in [0.2, 0.25) is 0 Å². The Hall–Kier alpha value is -0.730. The smallest absolute Gasteiger partial charge is 0.145 e. The number of furan rings is 1. The summed E-state index contributed by atoms with van der Waals surface area (Å²) in [5, 5.41) is 2.70. The monoisotopic (exact) mass is 184 g/mol. The molecule has 2 heterocycles. The van der Waals surface area contributed by atoms with E-state index in [-0.39, 0.29) is 0 Å². The molecule has 56 valence electrons. The maximum absolute atomic E-state index is 5.88. The fourth-order valence-electron chi connectivity index (χ4n) is 0.877. The van der Waals surface area contributed by atoms with Crippen LogP contribution in [0, 0.1) is 0 Å². The Labute approximate surface area is 73.2 Å². The second-order valence-electron chi connectivity index (χ2n) is 2.07. The summed E-state index contributed by atoms with van der Waals surface area (Å²) in [5.41, 5.74) is 0. The molecule has 2 aromatic rings. The van der Waals surface area contributed by atoms with Crippen molar-refractivity contribution in [2.24, 2.45) is 0 Å². The molecule has 0 saturated carbocycles. The molecule has 1 nitrogen and oxygen atoms in total. The zero-order valence-corrected chi connectivity index (χ0v) is 7.15. The van der Waals surface area contributed by atoms with Crippen LogP contribution in [0.25, 0.3) is 10.6 Å².